The zero-order valence-electron chi connectivity index (χ0n) is 8.21. The number of terminal acetylenes is 1. The van der Waals surface area contributed by atoms with Crippen LogP contribution in [0.1, 0.15) is 33.1 Å². The predicted octanol–water partition coefficient (Wildman–Crippen LogP) is 1.24. The first-order chi connectivity index (χ1) is 6.11. The second-order valence-electron chi connectivity index (χ2n) is 3.16. The molecule has 2 atom stereocenters. The molecule has 3 nitrogen and oxygen atoms in total. The molecule has 0 aliphatic rings. The second kappa shape index (κ2) is 6.50. The maximum absolute atomic E-state index is 10.7. The van der Waals surface area contributed by atoms with Gasteiger partial charge >= 0.3 is 5.97 Å². The summed E-state index contributed by atoms with van der Waals surface area (Å²) in [6.45, 7) is 4.03. The zero-order valence-corrected chi connectivity index (χ0v) is 8.21. The van der Waals surface area contributed by atoms with E-state index in [-0.39, 0.29) is 12.5 Å². The summed E-state index contributed by atoms with van der Waals surface area (Å²) < 4.78 is 0. The lowest BCUT2D eigenvalue weighted by atomic mass is 10.1. The molecule has 2 N–H and O–H groups in total. The molecule has 0 rings (SSSR count). The number of aliphatic carboxylic acids is 1. The number of carboxylic acids is 1. The SMILES string of the molecule is C#CCC(NC(C)CCC)C(=O)O. The summed E-state index contributed by atoms with van der Waals surface area (Å²) in [5, 5.41) is 11.7. The van der Waals surface area contributed by atoms with Gasteiger partial charge in [-0.1, -0.05) is 13.3 Å². The normalized spacial score (nSPS) is 14.5. The van der Waals surface area contributed by atoms with E-state index in [2.05, 4.69) is 18.2 Å². The zero-order chi connectivity index (χ0) is 10.3. The van der Waals surface area contributed by atoms with E-state index in [4.69, 9.17) is 11.5 Å². The third kappa shape index (κ3) is 5.26. The van der Waals surface area contributed by atoms with Gasteiger partial charge in [-0.3, -0.25) is 4.79 Å². The number of hydrogen-bond acceptors (Lipinski definition) is 2. The average molecular weight is 183 g/mol. The molecule has 0 aliphatic heterocycles. The molecule has 2 unspecified atom stereocenters. The summed E-state index contributed by atoms with van der Waals surface area (Å²) in [5.41, 5.74) is 0. The summed E-state index contributed by atoms with van der Waals surface area (Å²) in [7, 11) is 0. The maximum atomic E-state index is 10.7. The van der Waals surface area contributed by atoms with Crippen molar-refractivity contribution in [3.63, 3.8) is 0 Å². The Kier molecular flexibility index (Phi) is 5.99. The van der Waals surface area contributed by atoms with Gasteiger partial charge < -0.3 is 10.4 Å². The van der Waals surface area contributed by atoms with E-state index in [1.165, 1.54) is 0 Å². The van der Waals surface area contributed by atoms with Crippen LogP contribution in [-0.4, -0.2) is 23.2 Å². The Morgan fingerprint density at radius 1 is 1.69 bits per heavy atom. The molecule has 0 fully saturated rings. The highest BCUT2D eigenvalue weighted by Crippen LogP contribution is 1.99. The highest BCUT2D eigenvalue weighted by Gasteiger charge is 2.17. The minimum absolute atomic E-state index is 0.208. The monoisotopic (exact) mass is 183 g/mol. The summed E-state index contributed by atoms with van der Waals surface area (Å²) in [4.78, 5) is 10.7. The molecular formula is C10H17NO2. The molecule has 0 aliphatic carbocycles. The standard InChI is InChI=1S/C10H17NO2/c1-4-6-8(3)11-9(7-5-2)10(12)13/h2,8-9,11H,4,6-7H2,1,3H3,(H,12,13). The van der Waals surface area contributed by atoms with Crippen molar-refractivity contribution in [1.29, 1.82) is 0 Å². The largest absolute Gasteiger partial charge is 0.480 e. The summed E-state index contributed by atoms with van der Waals surface area (Å²) in [6, 6.07) is -0.397. The van der Waals surface area contributed by atoms with Crippen molar-refractivity contribution in [2.75, 3.05) is 0 Å². The third-order valence-corrected chi connectivity index (χ3v) is 1.83. The fourth-order valence-electron chi connectivity index (χ4n) is 1.20. The van der Waals surface area contributed by atoms with Gasteiger partial charge in [-0.25, -0.2) is 0 Å². The van der Waals surface area contributed by atoms with E-state index in [9.17, 15) is 4.79 Å². The Bertz CT molecular complexity index is 196. The van der Waals surface area contributed by atoms with Crippen molar-refractivity contribution < 1.29 is 9.90 Å². The van der Waals surface area contributed by atoms with Gasteiger partial charge in [0.2, 0.25) is 0 Å². The predicted molar refractivity (Wildman–Crippen MR) is 52.4 cm³/mol. The molecule has 0 spiro atoms. The van der Waals surface area contributed by atoms with Gasteiger partial charge in [-0.05, 0) is 13.3 Å². The van der Waals surface area contributed by atoms with Crippen LogP contribution in [-0.2, 0) is 4.79 Å². The molecule has 0 bridgehead atoms. The van der Waals surface area contributed by atoms with Crippen LogP contribution in [0.3, 0.4) is 0 Å². The number of carboxylic acid groups (broad SMARTS) is 1. The number of rotatable bonds is 6. The molecule has 74 valence electrons. The van der Waals surface area contributed by atoms with Crippen LogP contribution in [0.5, 0.6) is 0 Å². The first kappa shape index (κ1) is 12.0. The minimum atomic E-state index is -0.874. The van der Waals surface area contributed by atoms with E-state index in [0.717, 1.165) is 12.8 Å². The van der Waals surface area contributed by atoms with E-state index >= 15 is 0 Å². The summed E-state index contributed by atoms with van der Waals surface area (Å²) >= 11 is 0. The van der Waals surface area contributed by atoms with Crippen LogP contribution in [0.15, 0.2) is 0 Å². The second-order valence-corrected chi connectivity index (χ2v) is 3.16. The van der Waals surface area contributed by atoms with Crippen molar-refractivity contribution in [2.45, 2.75) is 45.2 Å². The number of hydrogen-bond donors (Lipinski definition) is 2. The van der Waals surface area contributed by atoms with Gasteiger partial charge in [-0.15, -0.1) is 12.3 Å². The topological polar surface area (TPSA) is 49.3 Å². The maximum Gasteiger partial charge on any atom is 0.321 e. The Morgan fingerprint density at radius 3 is 2.69 bits per heavy atom. The number of carbonyl (C=O) groups is 1. The van der Waals surface area contributed by atoms with Crippen LogP contribution in [0.25, 0.3) is 0 Å². The molecule has 3 heteroatoms. The van der Waals surface area contributed by atoms with Crippen LogP contribution >= 0.6 is 0 Å². The quantitative estimate of drug-likeness (QED) is 0.609. The molecule has 0 radical (unpaired) electrons. The molecule has 0 amide bonds. The van der Waals surface area contributed by atoms with Gasteiger partial charge in [0.15, 0.2) is 0 Å². The average Bonchev–Trinajstić information content (AvgIpc) is 2.04. The minimum Gasteiger partial charge on any atom is -0.480 e. The molecule has 0 aromatic carbocycles. The van der Waals surface area contributed by atoms with Gasteiger partial charge in [0.1, 0.15) is 6.04 Å². The fourth-order valence-corrected chi connectivity index (χ4v) is 1.20. The van der Waals surface area contributed by atoms with Crippen molar-refractivity contribution in [1.82, 2.24) is 5.32 Å². The van der Waals surface area contributed by atoms with Crippen molar-refractivity contribution >= 4 is 5.97 Å². The van der Waals surface area contributed by atoms with Gasteiger partial charge in [-0.2, -0.15) is 0 Å². The molecule has 0 saturated heterocycles. The van der Waals surface area contributed by atoms with E-state index in [0.29, 0.717) is 0 Å². The Morgan fingerprint density at radius 2 is 2.31 bits per heavy atom. The lowest BCUT2D eigenvalue weighted by molar-refractivity contribution is -0.139. The van der Waals surface area contributed by atoms with Crippen molar-refractivity contribution in [3.05, 3.63) is 0 Å². The van der Waals surface area contributed by atoms with E-state index in [1.807, 2.05) is 6.92 Å². The van der Waals surface area contributed by atoms with E-state index in [1.54, 1.807) is 0 Å². The summed E-state index contributed by atoms with van der Waals surface area (Å²) in [6.07, 6.45) is 7.31. The number of nitrogens with one attached hydrogen (secondary N) is 1. The smallest absolute Gasteiger partial charge is 0.321 e. The van der Waals surface area contributed by atoms with Gasteiger partial charge in [0.25, 0.3) is 0 Å². The first-order valence-corrected chi connectivity index (χ1v) is 4.54. The highest BCUT2D eigenvalue weighted by molar-refractivity contribution is 5.73. The molecular weight excluding hydrogens is 166 g/mol. The van der Waals surface area contributed by atoms with E-state index < -0.39 is 12.0 Å². The van der Waals surface area contributed by atoms with Crippen molar-refractivity contribution in [2.24, 2.45) is 0 Å². The Balaban J connectivity index is 3.95. The summed E-state index contributed by atoms with van der Waals surface area (Å²) in [5.74, 6) is 1.48. The lowest BCUT2D eigenvalue weighted by Gasteiger charge is -2.17. The molecule has 13 heavy (non-hydrogen) atoms. The van der Waals surface area contributed by atoms with Crippen LogP contribution < -0.4 is 5.32 Å². The fraction of sp³-hybridized carbons (Fsp3) is 0.700. The molecule has 0 saturated carbocycles. The Labute approximate surface area is 79.5 Å². The van der Waals surface area contributed by atoms with Crippen molar-refractivity contribution in [3.8, 4) is 12.3 Å². The van der Waals surface area contributed by atoms with Gasteiger partial charge in [0, 0.05) is 12.5 Å². The van der Waals surface area contributed by atoms with Crippen LogP contribution in [0, 0.1) is 12.3 Å². The lowest BCUT2D eigenvalue weighted by Crippen LogP contribution is -2.41. The molecule has 0 aromatic rings. The van der Waals surface area contributed by atoms with Crippen LogP contribution in [0.4, 0.5) is 0 Å². The third-order valence-electron chi connectivity index (χ3n) is 1.83. The van der Waals surface area contributed by atoms with Gasteiger partial charge in [0.05, 0.1) is 0 Å². The first-order valence-electron chi connectivity index (χ1n) is 4.54. The molecule has 0 aromatic heterocycles. The highest BCUT2D eigenvalue weighted by atomic mass is 16.4. The van der Waals surface area contributed by atoms with Crippen LogP contribution in [0.2, 0.25) is 0 Å². The Hall–Kier alpha value is -1.01. The molecule has 0 heterocycles.